The van der Waals surface area contributed by atoms with E-state index in [9.17, 15) is 0 Å². The molecular formula is C16H13Cl2Hf. The summed E-state index contributed by atoms with van der Waals surface area (Å²) in [6.45, 7) is 0. The summed E-state index contributed by atoms with van der Waals surface area (Å²) in [4.78, 5) is 0. The topological polar surface area (TPSA) is 0 Å². The van der Waals surface area contributed by atoms with Gasteiger partial charge in [0.15, 0.2) is 0 Å². The normalized spacial score (nSPS) is 15.9. The number of allylic oxidation sites excluding steroid dienone is 2. The number of fused-ring (bicyclic) bond motifs is 1. The maximum absolute atomic E-state index is 2.46. The van der Waals surface area contributed by atoms with Gasteiger partial charge in [-0.05, 0) is 0 Å². The molecule has 0 aliphatic heterocycles. The van der Waals surface area contributed by atoms with Crippen molar-refractivity contribution in [2.24, 2.45) is 0 Å². The summed E-state index contributed by atoms with van der Waals surface area (Å²) in [5, 5.41) is 0. The molecule has 95 valence electrons. The van der Waals surface area contributed by atoms with Crippen LogP contribution in [0.1, 0.15) is 20.4 Å². The van der Waals surface area contributed by atoms with E-state index >= 15 is 0 Å². The average molecular weight is 455 g/mol. The molecule has 2 aromatic carbocycles. The van der Waals surface area contributed by atoms with Gasteiger partial charge >= 0.3 is 117 Å². The predicted octanol–water partition coefficient (Wildman–Crippen LogP) is -2.08. The number of hydrogen-bond donors (Lipinski definition) is 0. The van der Waals surface area contributed by atoms with Crippen LogP contribution in [0, 0.1) is 0 Å². The molecule has 2 aromatic rings. The van der Waals surface area contributed by atoms with Crippen molar-refractivity contribution in [1.82, 2.24) is 0 Å². The summed E-state index contributed by atoms with van der Waals surface area (Å²) < 4.78 is 0.699. The van der Waals surface area contributed by atoms with Crippen molar-refractivity contribution >= 4 is 5.57 Å². The SMILES string of the molecule is [Cl-].[Cl-].[Hf+2][CH]1C=C(Cc2ccccc2)c2ccccc21. The molecule has 0 fully saturated rings. The summed E-state index contributed by atoms with van der Waals surface area (Å²) in [6, 6.07) is 19.6. The Morgan fingerprint density at radius 1 is 0.842 bits per heavy atom. The Bertz CT molecular complexity index is 564. The zero-order valence-electron chi connectivity index (χ0n) is 10.3. The van der Waals surface area contributed by atoms with Gasteiger partial charge in [-0.25, -0.2) is 0 Å². The third-order valence-electron chi connectivity index (χ3n) is 3.25. The second-order valence-electron chi connectivity index (χ2n) is 4.42. The number of rotatable bonds is 2. The Balaban J connectivity index is 0.000000902. The first kappa shape index (κ1) is 16.7. The predicted molar refractivity (Wildman–Crippen MR) is 67.3 cm³/mol. The Morgan fingerprint density at radius 3 is 2.21 bits per heavy atom. The van der Waals surface area contributed by atoms with Crippen LogP contribution in [-0.2, 0) is 30.8 Å². The Hall–Kier alpha value is -0.370. The minimum absolute atomic E-state index is 0. The molecule has 0 radical (unpaired) electrons. The Labute approximate surface area is 141 Å². The molecule has 1 unspecified atom stereocenters. The van der Waals surface area contributed by atoms with Gasteiger partial charge in [0.2, 0.25) is 0 Å². The average Bonchev–Trinajstić information content (AvgIpc) is 2.69. The van der Waals surface area contributed by atoms with Gasteiger partial charge in [-0.1, -0.05) is 0 Å². The van der Waals surface area contributed by atoms with Crippen LogP contribution in [0.15, 0.2) is 60.7 Å². The molecular weight excluding hydrogens is 442 g/mol. The number of benzene rings is 2. The number of hydrogen-bond acceptors (Lipinski definition) is 0. The monoisotopic (exact) mass is 455 g/mol. The molecule has 1 atom stereocenters. The van der Waals surface area contributed by atoms with Crippen LogP contribution in [0.4, 0.5) is 0 Å². The van der Waals surface area contributed by atoms with E-state index in [1.807, 2.05) is 0 Å². The zero-order chi connectivity index (χ0) is 11.7. The van der Waals surface area contributed by atoms with Crippen LogP contribution in [0.3, 0.4) is 0 Å². The summed E-state index contributed by atoms with van der Waals surface area (Å²) in [6.07, 6.45) is 3.53. The Morgan fingerprint density at radius 2 is 1.47 bits per heavy atom. The van der Waals surface area contributed by atoms with Crippen LogP contribution >= 0.6 is 0 Å². The van der Waals surface area contributed by atoms with Gasteiger partial charge in [0.05, 0.1) is 0 Å². The van der Waals surface area contributed by atoms with E-state index in [0.717, 1.165) is 6.42 Å². The van der Waals surface area contributed by atoms with Gasteiger partial charge in [-0.3, -0.25) is 0 Å². The molecule has 3 heteroatoms. The van der Waals surface area contributed by atoms with Crippen molar-refractivity contribution in [2.75, 3.05) is 0 Å². The van der Waals surface area contributed by atoms with Gasteiger partial charge in [0.25, 0.3) is 0 Å². The van der Waals surface area contributed by atoms with Crippen molar-refractivity contribution < 1.29 is 49.2 Å². The minimum atomic E-state index is 0. The van der Waals surface area contributed by atoms with Crippen LogP contribution in [0.25, 0.3) is 5.57 Å². The third kappa shape index (κ3) is 3.59. The van der Waals surface area contributed by atoms with Gasteiger partial charge in [0, 0.05) is 0 Å². The molecule has 0 N–H and O–H groups in total. The summed E-state index contributed by atoms with van der Waals surface area (Å²) in [7, 11) is 0. The van der Waals surface area contributed by atoms with E-state index in [1.165, 1.54) is 46.6 Å². The van der Waals surface area contributed by atoms with Crippen molar-refractivity contribution in [3.05, 3.63) is 77.4 Å². The van der Waals surface area contributed by atoms with E-state index in [0.29, 0.717) is 3.67 Å². The zero-order valence-corrected chi connectivity index (χ0v) is 15.4. The first-order chi connectivity index (χ1) is 8.34. The fourth-order valence-electron chi connectivity index (χ4n) is 2.41. The fourth-order valence-corrected chi connectivity index (χ4v) is 4.04. The first-order valence-electron chi connectivity index (χ1n) is 5.89. The Kier molecular flexibility index (Phi) is 6.52. The van der Waals surface area contributed by atoms with Crippen LogP contribution < -0.4 is 24.8 Å². The summed E-state index contributed by atoms with van der Waals surface area (Å²) in [5.74, 6) is 0. The van der Waals surface area contributed by atoms with Gasteiger partial charge in [-0.2, -0.15) is 0 Å². The second kappa shape index (κ2) is 7.42. The van der Waals surface area contributed by atoms with Crippen LogP contribution in [-0.4, -0.2) is 0 Å². The fraction of sp³-hybridized carbons (Fsp3) is 0.125. The number of halogens is 2. The van der Waals surface area contributed by atoms with Crippen molar-refractivity contribution in [3.63, 3.8) is 0 Å². The van der Waals surface area contributed by atoms with Crippen LogP contribution in [0.5, 0.6) is 0 Å². The molecule has 0 heterocycles. The van der Waals surface area contributed by atoms with E-state index in [2.05, 4.69) is 60.7 Å². The second-order valence-corrected chi connectivity index (χ2v) is 6.65. The molecule has 0 saturated carbocycles. The van der Waals surface area contributed by atoms with E-state index < -0.39 is 0 Å². The third-order valence-corrected chi connectivity index (χ3v) is 4.96. The molecule has 3 rings (SSSR count). The van der Waals surface area contributed by atoms with E-state index in [-0.39, 0.29) is 24.8 Å². The molecule has 1 aliphatic carbocycles. The maximum atomic E-state index is 2.46. The summed E-state index contributed by atoms with van der Waals surface area (Å²) >= 11 is 1.21. The molecule has 0 saturated heterocycles. The van der Waals surface area contributed by atoms with Crippen molar-refractivity contribution in [2.45, 2.75) is 10.1 Å². The van der Waals surface area contributed by atoms with Gasteiger partial charge in [-0.15, -0.1) is 0 Å². The van der Waals surface area contributed by atoms with E-state index in [4.69, 9.17) is 0 Å². The molecule has 0 amide bonds. The molecule has 1 aliphatic rings. The quantitative estimate of drug-likeness (QED) is 0.457. The molecule has 19 heavy (non-hydrogen) atoms. The standard InChI is InChI=1S/C16H13.2ClH.Hf/c1-2-6-13(7-3-1)12-15-11-10-14-8-4-5-9-16(14)15;;;/h1-11H,12H2;2*1H;/q;;;+2/p-2. The molecule has 0 aromatic heterocycles. The molecule has 0 nitrogen and oxygen atoms in total. The molecule has 0 spiro atoms. The van der Waals surface area contributed by atoms with E-state index in [1.54, 1.807) is 0 Å². The summed E-state index contributed by atoms with van der Waals surface area (Å²) in [5.41, 5.74) is 5.91. The van der Waals surface area contributed by atoms with Crippen molar-refractivity contribution in [3.8, 4) is 0 Å². The van der Waals surface area contributed by atoms with Gasteiger partial charge in [0.1, 0.15) is 0 Å². The van der Waals surface area contributed by atoms with Crippen molar-refractivity contribution in [1.29, 1.82) is 0 Å². The molecule has 0 bridgehead atoms. The first-order valence-corrected chi connectivity index (χ1v) is 7.97. The van der Waals surface area contributed by atoms with Crippen LogP contribution in [0.2, 0.25) is 0 Å². The van der Waals surface area contributed by atoms with Gasteiger partial charge < -0.3 is 24.8 Å².